The van der Waals surface area contributed by atoms with Crippen molar-refractivity contribution in [1.82, 2.24) is 0 Å². The molecule has 2 aromatic rings. The zero-order valence-electron chi connectivity index (χ0n) is 12.2. The summed E-state index contributed by atoms with van der Waals surface area (Å²) in [7, 11) is 0. The Balaban J connectivity index is 1.74. The van der Waals surface area contributed by atoms with Crippen molar-refractivity contribution in [3.05, 3.63) is 51.9 Å². The van der Waals surface area contributed by atoms with Gasteiger partial charge < -0.3 is 19.6 Å². The standard InChI is InChI=1S/C16H20BrNO3/c1-11-6-13(7-12(2)16(11)17)18-8-14(19)9-20-10-15-4-3-5-21-15/h3-7,14,18-19H,8-10H2,1-2H3. The summed E-state index contributed by atoms with van der Waals surface area (Å²) in [4.78, 5) is 0. The summed E-state index contributed by atoms with van der Waals surface area (Å²) in [5, 5.41) is 13.1. The minimum absolute atomic E-state index is 0.266. The van der Waals surface area contributed by atoms with Gasteiger partial charge in [-0.1, -0.05) is 15.9 Å². The Labute approximate surface area is 133 Å². The summed E-state index contributed by atoms with van der Waals surface area (Å²) in [6.45, 7) is 5.18. The average Bonchev–Trinajstić information content (AvgIpc) is 2.95. The van der Waals surface area contributed by atoms with Crippen LogP contribution < -0.4 is 5.32 Å². The normalized spacial score (nSPS) is 12.4. The van der Waals surface area contributed by atoms with Gasteiger partial charge in [0.2, 0.25) is 0 Å². The first-order chi connectivity index (χ1) is 10.1. The topological polar surface area (TPSA) is 54.6 Å². The highest BCUT2D eigenvalue weighted by Crippen LogP contribution is 2.24. The van der Waals surface area contributed by atoms with Crippen molar-refractivity contribution in [2.75, 3.05) is 18.5 Å². The van der Waals surface area contributed by atoms with Crippen molar-refractivity contribution >= 4 is 21.6 Å². The van der Waals surface area contributed by atoms with Crippen LogP contribution in [0.15, 0.2) is 39.4 Å². The maximum Gasteiger partial charge on any atom is 0.129 e. The highest BCUT2D eigenvalue weighted by Gasteiger charge is 2.07. The fourth-order valence-corrected chi connectivity index (χ4v) is 2.26. The molecule has 4 nitrogen and oxygen atoms in total. The first kappa shape index (κ1) is 16.1. The molecule has 1 aromatic carbocycles. The number of furan rings is 1. The van der Waals surface area contributed by atoms with Crippen molar-refractivity contribution in [3.8, 4) is 0 Å². The van der Waals surface area contributed by atoms with Gasteiger partial charge in [-0.25, -0.2) is 0 Å². The molecule has 21 heavy (non-hydrogen) atoms. The fourth-order valence-electron chi connectivity index (χ4n) is 2.03. The number of aliphatic hydroxyl groups excluding tert-OH is 1. The van der Waals surface area contributed by atoms with Gasteiger partial charge in [-0.3, -0.25) is 0 Å². The number of hydrogen-bond donors (Lipinski definition) is 2. The second-order valence-electron chi connectivity index (χ2n) is 5.05. The molecule has 0 aliphatic rings. The lowest BCUT2D eigenvalue weighted by Crippen LogP contribution is -2.24. The minimum Gasteiger partial charge on any atom is -0.467 e. The van der Waals surface area contributed by atoms with Crippen LogP contribution >= 0.6 is 15.9 Å². The summed E-state index contributed by atoms with van der Waals surface area (Å²) in [5.74, 6) is 0.759. The van der Waals surface area contributed by atoms with E-state index < -0.39 is 6.10 Å². The number of anilines is 1. The van der Waals surface area contributed by atoms with E-state index in [1.165, 1.54) is 11.1 Å². The molecule has 0 aliphatic carbocycles. The molecule has 0 saturated carbocycles. The molecule has 1 heterocycles. The van der Waals surface area contributed by atoms with Crippen LogP contribution in [0.25, 0.3) is 0 Å². The molecule has 2 N–H and O–H groups in total. The second-order valence-corrected chi connectivity index (χ2v) is 5.85. The summed E-state index contributed by atoms with van der Waals surface area (Å²) in [6.07, 6.45) is 1.04. The number of benzene rings is 1. The van der Waals surface area contributed by atoms with Gasteiger partial charge in [0, 0.05) is 16.7 Å². The van der Waals surface area contributed by atoms with E-state index in [4.69, 9.17) is 9.15 Å². The average molecular weight is 354 g/mol. The number of aryl methyl sites for hydroxylation is 2. The zero-order chi connectivity index (χ0) is 15.2. The maximum absolute atomic E-state index is 9.90. The van der Waals surface area contributed by atoms with Gasteiger partial charge in [0.25, 0.3) is 0 Å². The third-order valence-corrected chi connectivity index (χ3v) is 4.36. The van der Waals surface area contributed by atoms with Crippen molar-refractivity contribution in [2.24, 2.45) is 0 Å². The van der Waals surface area contributed by atoms with Gasteiger partial charge in [0.05, 0.1) is 19.0 Å². The van der Waals surface area contributed by atoms with Gasteiger partial charge in [0.1, 0.15) is 12.4 Å². The number of halogens is 1. The molecule has 0 aliphatic heterocycles. The quantitative estimate of drug-likeness (QED) is 0.797. The first-order valence-electron chi connectivity index (χ1n) is 6.85. The monoisotopic (exact) mass is 353 g/mol. The van der Waals surface area contributed by atoms with Gasteiger partial charge in [-0.15, -0.1) is 0 Å². The van der Waals surface area contributed by atoms with Crippen molar-refractivity contribution < 1.29 is 14.3 Å². The van der Waals surface area contributed by atoms with E-state index in [2.05, 4.69) is 21.2 Å². The number of rotatable bonds is 7. The van der Waals surface area contributed by atoms with Gasteiger partial charge in [-0.2, -0.15) is 0 Å². The van der Waals surface area contributed by atoms with Crippen LogP contribution in [-0.4, -0.2) is 24.4 Å². The molecule has 0 saturated heterocycles. The molecule has 1 atom stereocenters. The van der Waals surface area contributed by atoms with Gasteiger partial charge in [0.15, 0.2) is 0 Å². The van der Waals surface area contributed by atoms with Crippen molar-refractivity contribution in [1.29, 1.82) is 0 Å². The second kappa shape index (κ2) is 7.64. The van der Waals surface area contributed by atoms with Crippen LogP contribution in [0, 0.1) is 13.8 Å². The lowest BCUT2D eigenvalue weighted by Gasteiger charge is -2.14. The molecule has 2 rings (SSSR count). The van der Waals surface area contributed by atoms with E-state index in [0.29, 0.717) is 13.2 Å². The smallest absolute Gasteiger partial charge is 0.129 e. The summed E-state index contributed by atoms with van der Waals surface area (Å²) in [6, 6.07) is 7.76. The van der Waals surface area contributed by atoms with Crippen LogP contribution in [0.1, 0.15) is 16.9 Å². The molecule has 5 heteroatoms. The van der Waals surface area contributed by atoms with E-state index in [1.54, 1.807) is 6.26 Å². The minimum atomic E-state index is -0.566. The number of hydrogen-bond acceptors (Lipinski definition) is 4. The number of nitrogens with one attached hydrogen (secondary N) is 1. The predicted octanol–water partition coefficient (Wildman–Crippen LogP) is 3.65. The van der Waals surface area contributed by atoms with E-state index in [1.807, 2.05) is 38.1 Å². The summed E-state index contributed by atoms with van der Waals surface area (Å²) in [5.41, 5.74) is 3.33. The lowest BCUT2D eigenvalue weighted by molar-refractivity contribution is 0.0282. The molecular weight excluding hydrogens is 334 g/mol. The Morgan fingerprint density at radius 1 is 1.33 bits per heavy atom. The Hall–Kier alpha value is -1.30. The van der Waals surface area contributed by atoms with Crippen molar-refractivity contribution in [2.45, 2.75) is 26.6 Å². The van der Waals surface area contributed by atoms with Gasteiger partial charge >= 0.3 is 0 Å². The van der Waals surface area contributed by atoms with E-state index in [0.717, 1.165) is 15.9 Å². The molecule has 0 fully saturated rings. The van der Waals surface area contributed by atoms with E-state index in [-0.39, 0.29) is 6.61 Å². The highest BCUT2D eigenvalue weighted by atomic mass is 79.9. The number of aliphatic hydroxyl groups is 1. The first-order valence-corrected chi connectivity index (χ1v) is 7.64. The number of ether oxygens (including phenoxy) is 1. The summed E-state index contributed by atoms with van der Waals surface area (Å²) < 4.78 is 11.7. The Morgan fingerprint density at radius 2 is 2.05 bits per heavy atom. The Morgan fingerprint density at radius 3 is 2.67 bits per heavy atom. The Kier molecular flexibility index (Phi) is 5.85. The summed E-state index contributed by atoms with van der Waals surface area (Å²) >= 11 is 3.54. The van der Waals surface area contributed by atoms with Crippen LogP contribution in [-0.2, 0) is 11.3 Å². The lowest BCUT2D eigenvalue weighted by atomic mass is 10.1. The molecule has 0 amide bonds. The maximum atomic E-state index is 9.90. The Bertz CT molecular complexity index is 546. The predicted molar refractivity (Wildman–Crippen MR) is 86.5 cm³/mol. The SMILES string of the molecule is Cc1cc(NCC(O)COCc2ccco2)cc(C)c1Br. The molecule has 0 bridgehead atoms. The van der Waals surface area contributed by atoms with Gasteiger partial charge in [-0.05, 0) is 49.2 Å². The molecule has 114 valence electrons. The molecule has 0 spiro atoms. The van der Waals surface area contributed by atoms with Crippen molar-refractivity contribution in [3.63, 3.8) is 0 Å². The van der Waals surface area contributed by atoms with E-state index >= 15 is 0 Å². The van der Waals surface area contributed by atoms with Crippen LogP contribution in [0.2, 0.25) is 0 Å². The third kappa shape index (κ3) is 4.88. The molecule has 1 aromatic heterocycles. The van der Waals surface area contributed by atoms with E-state index in [9.17, 15) is 5.11 Å². The molecular formula is C16H20BrNO3. The fraction of sp³-hybridized carbons (Fsp3) is 0.375. The molecule has 0 radical (unpaired) electrons. The van der Waals surface area contributed by atoms with Crippen LogP contribution in [0.3, 0.4) is 0 Å². The highest BCUT2D eigenvalue weighted by molar-refractivity contribution is 9.10. The zero-order valence-corrected chi connectivity index (χ0v) is 13.8. The molecule has 1 unspecified atom stereocenters. The largest absolute Gasteiger partial charge is 0.467 e. The van der Waals surface area contributed by atoms with Crippen LogP contribution in [0.5, 0.6) is 0 Å². The van der Waals surface area contributed by atoms with Crippen LogP contribution in [0.4, 0.5) is 5.69 Å². The third-order valence-electron chi connectivity index (χ3n) is 3.11.